The molecule has 2 saturated carbocycles. The molecule has 0 radical (unpaired) electrons. The summed E-state index contributed by atoms with van der Waals surface area (Å²) in [6.45, 7) is 9.50. The van der Waals surface area contributed by atoms with Crippen LogP contribution in [0, 0.1) is 18.3 Å². The van der Waals surface area contributed by atoms with Crippen molar-refractivity contribution in [1.29, 1.82) is 0 Å². The Kier molecular flexibility index (Phi) is 4.28. The van der Waals surface area contributed by atoms with E-state index in [1.54, 1.807) is 6.33 Å². The molecule has 8 nitrogen and oxygen atoms in total. The molecule has 1 aliphatic heterocycles. The number of hydrogen-bond acceptors (Lipinski definition) is 7. The third kappa shape index (κ3) is 3.19. The Balaban J connectivity index is 1.34. The maximum Gasteiger partial charge on any atom is 0.165 e. The van der Waals surface area contributed by atoms with Crippen LogP contribution >= 0.6 is 0 Å². The van der Waals surface area contributed by atoms with Crippen LogP contribution in [0.25, 0.3) is 22.6 Å². The van der Waals surface area contributed by atoms with Gasteiger partial charge in [0.15, 0.2) is 17.0 Å². The average molecular weight is 419 g/mol. The lowest BCUT2D eigenvalue weighted by Gasteiger charge is -2.24. The zero-order valence-electron chi connectivity index (χ0n) is 18.5. The van der Waals surface area contributed by atoms with Crippen molar-refractivity contribution in [2.75, 3.05) is 18.4 Å². The molecule has 2 unspecified atom stereocenters. The minimum atomic E-state index is 0.404. The summed E-state index contributed by atoms with van der Waals surface area (Å²) in [5.41, 5.74) is 3.01. The van der Waals surface area contributed by atoms with Gasteiger partial charge >= 0.3 is 0 Å². The summed E-state index contributed by atoms with van der Waals surface area (Å²) in [7, 11) is 0. The molecule has 3 aromatic heterocycles. The first-order valence-electron chi connectivity index (χ1n) is 11.6. The fourth-order valence-corrected chi connectivity index (χ4v) is 5.30. The summed E-state index contributed by atoms with van der Waals surface area (Å²) in [4.78, 5) is 25.6. The molecular weight excluding hydrogens is 388 g/mol. The SMILES string of the molecule is CCn1c(-c2cnc(C)nc2)nc2c(NC3CN(C(C)C4CC4)CC34CC4)ncnc21. The number of rotatable bonds is 6. The fraction of sp³-hybridized carbons (Fsp3) is 0.609. The summed E-state index contributed by atoms with van der Waals surface area (Å²) in [6.07, 6.45) is 10.7. The minimum absolute atomic E-state index is 0.404. The van der Waals surface area contributed by atoms with Crippen LogP contribution in [0.1, 0.15) is 45.4 Å². The molecule has 2 aliphatic carbocycles. The van der Waals surface area contributed by atoms with Crippen molar-refractivity contribution in [1.82, 2.24) is 34.4 Å². The van der Waals surface area contributed by atoms with Crippen LogP contribution in [0.3, 0.4) is 0 Å². The van der Waals surface area contributed by atoms with Crippen molar-refractivity contribution in [2.45, 2.75) is 65.1 Å². The topological polar surface area (TPSA) is 84.7 Å². The van der Waals surface area contributed by atoms with E-state index in [1.807, 2.05) is 19.3 Å². The molecule has 3 fully saturated rings. The molecular formula is C23H30N8. The van der Waals surface area contributed by atoms with E-state index in [2.05, 4.69) is 48.6 Å². The maximum absolute atomic E-state index is 4.97. The molecule has 3 aromatic rings. The van der Waals surface area contributed by atoms with Crippen LogP contribution in [0.4, 0.5) is 5.82 Å². The number of fused-ring (bicyclic) bond motifs is 1. The standard InChI is InChI=1S/C23H30N8/c1-4-31-21(17-9-24-15(3)25-10-17)29-19-20(26-13-27-22(19)31)28-18-11-30(12-23(18)7-8-23)14(2)16-5-6-16/h9-10,13-14,16,18H,4-8,11-12H2,1-3H3,(H,26,27,28). The highest BCUT2D eigenvalue weighted by Gasteiger charge is 2.56. The molecule has 2 atom stereocenters. The van der Waals surface area contributed by atoms with Crippen molar-refractivity contribution < 1.29 is 0 Å². The molecule has 6 rings (SSSR count). The van der Waals surface area contributed by atoms with Gasteiger partial charge in [0.25, 0.3) is 0 Å². The smallest absolute Gasteiger partial charge is 0.165 e. The van der Waals surface area contributed by atoms with Gasteiger partial charge in [0.05, 0.1) is 5.56 Å². The summed E-state index contributed by atoms with van der Waals surface area (Å²) < 4.78 is 2.12. The summed E-state index contributed by atoms with van der Waals surface area (Å²) in [6, 6.07) is 1.12. The molecule has 0 bridgehead atoms. The monoisotopic (exact) mass is 418 g/mol. The van der Waals surface area contributed by atoms with Gasteiger partial charge in [0.2, 0.25) is 0 Å². The Morgan fingerprint density at radius 1 is 1.16 bits per heavy atom. The van der Waals surface area contributed by atoms with Gasteiger partial charge in [-0.25, -0.2) is 24.9 Å². The van der Waals surface area contributed by atoms with Crippen molar-refractivity contribution in [3.63, 3.8) is 0 Å². The van der Waals surface area contributed by atoms with E-state index >= 15 is 0 Å². The van der Waals surface area contributed by atoms with Gasteiger partial charge < -0.3 is 9.88 Å². The minimum Gasteiger partial charge on any atom is -0.363 e. The molecule has 0 aromatic carbocycles. The second-order valence-electron chi connectivity index (χ2n) is 9.66. The normalized spacial score (nSPS) is 23.5. The Hall–Kier alpha value is -2.61. The van der Waals surface area contributed by atoms with Gasteiger partial charge in [-0.05, 0) is 52.4 Å². The van der Waals surface area contributed by atoms with Gasteiger partial charge in [-0.2, -0.15) is 0 Å². The number of hydrogen-bond donors (Lipinski definition) is 1. The van der Waals surface area contributed by atoms with Gasteiger partial charge in [-0.1, -0.05) is 0 Å². The molecule has 1 saturated heterocycles. The van der Waals surface area contributed by atoms with Gasteiger partial charge in [-0.3, -0.25) is 4.90 Å². The largest absolute Gasteiger partial charge is 0.363 e. The number of likely N-dealkylation sites (tertiary alicyclic amines) is 1. The average Bonchev–Trinajstić information content (AvgIpc) is 3.68. The first kappa shape index (κ1) is 19.1. The van der Waals surface area contributed by atoms with Crippen LogP contribution in [0.5, 0.6) is 0 Å². The van der Waals surface area contributed by atoms with E-state index in [0.717, 1.165) is 53.2 Å². The number of nitrogens with zero attached hydrogens (tertiary/aromatic N) is 7. The lowest BCUT2D eigenvalue weighted by molar-refractivity contribution is 0.223. The quantitative estimate of drug-likeness (QED) is 0.657. The highest BCUT2D eigenvalue weighted by molar-refractivity contribution is 5.86. The molecule has 1 spiro atoms. The number of nitrogens with one attached hydrogen (secondary N) is 1. The Morgan fingerprint density at radius 2 is 1.94 bits per heavy atom. The number of aromatic nitrogens is 6. The second-order valence-corrected chi connectivity index (χ2v) is 9.66. The maximum atomic E-state index is 4.97. The van der Waals surface area contributed by atoms with E-state index in [9.17, 15) is 0 Å². The molecule has 1 N–H and O–H groups in total. The lowest BCUT2D eigenvalue weighted by atomic mass is 10.0. The second kappa shape index (κ2) is 6.95. The van der Waals surface area contributed by atoms with Crippen LogP contribution < -0.4 is 5.32 Å². The molecule has 3 aliphatic rings. The van der Waals surface area contributed by atoms with E-state index in [-0.39, 0.29) is 0 Å². The number of aryl methyl sites for hydroxylation is 2. The zero-order valence-corrected chi connectivity index (χ0v) is 18.5. The number of anilines is 1. The zero-order chi connectivity index (χ0) is 21.2. The summed E-state index contributed by atoms with van der Waals surface area (Å²) in [5, 5.41) is 3.81. The van der Waals surface area contributed by atoms with Crippen LogP contribution in [0.2, 0.25) is 0 Å². The van der Waals surface area contributed by atoms with Crippen LogP contribution in [-0.2, 0) is 6.54 Å². The third-order valence-electron chi connectivity index (χ3n) is 7.65. The van der Waals surface area contributed by atoms with E-state index in [1.165, 1.54) is 32.2 Å². The van der Waals surface area contributed by atoms with Crippen LogP contribution in [-0.4, -0.2) is 59.6 Å². The van der Waals surface area contributed by atoms with Gasteiger partial charge in [0, 0.05) is 49.5 Å². The summed E-state index contributed by atoms with van der Waals surface area (Å²) in [5.74, 6) is 3.35. The van der Waals surface area contributed by atoms with E-state index < -0.39 is 0 Å². The predicted octanol–water partition coefficient (Wildman–Crippen LogP) is 3.29. The van der Waals surface area contributed by atoms with Crippen LogP contribution in [0.15, 0.2) is 18.7 Å². The Labute approximate surface area is 182 Å². The van der Waals surface area contributed by atoms with Gasteiger partial charge in [0.1, 0.15) is 18.0 Å². The number of imidazole rings is 1. The molecule has 31 heavy (non-hydrogen) atoms. The highest BCUT2D eigenvalue weighted by atomic mass is 15.3. The van der Waals surface area contributed by atoms with E-state index in [0.29, 0.717) is 17.5 Å². The Bertz CT molecular complexity index is 1110. The van der Waals surface area contributed by atoms with Crippen molar-refractivity contribution in [3.05, 3.63) is 24.5 Å². The van der Waals surface area contributed by atoms with E-state index in [4.69, 9.17) is 4.98 Å². The Morgan fingerprint density at radius 3 is 2.61 bits per heavy atom. The van der Waals surface area contributed by atoms with Crippen molar-refractivity contribution >= 4 is 17.0 Å². The first-order valence-corrected chi connectivity index (χ1v) is 11.6. The van der Waals surface area contributed by atoms with Gasteiger partial charge in [-0.15, -0.1) is 0 Å². The first-order chi connectivity index (χ1) is 15.1. The van der Waals surface area contributed by atoms with Crippen molar-refractivity contribution in [3.8, 4) is 11.4 Å². The molecule has 4 heterocycles. The molecule has 8 heteroatoms. The lowest BCUT2D eigenvalue weighted by Crippen LogP contribution is -2.34. The fourth-order valence-electron chi connectivity index (χ4n) is 5.30. The molecule has 162 valence electrons. The highest BCUT2D eigenvalue weighted by Crippen LogP contribution is 2.55. The summed E-state index contributed by atoms with van der Waals surface area (Å²) >= 11 is 0. The predicted molar refractivity (Wildman–Crippen MR) is 120 cm³/mol. The van der Waals surface area contributed by atoms with Crippen molar-refractivity contribution in [2.24, 2.45) is 11.3 Å². The third-order valence-corrected chi connectivity index (χ3v) is 7.65. The molecule has 0 amide bonds.